The average Bonchev–Trinajstić information content (AvgIpc) is 3.19. The van der Waals surface area contributed by atoms with Crippen molar-refractivity contribution in [3.05, 3.63) is 56.3 Å². The Balaban J connectivity index is 1.46. The zero-order valence-electron chi connectivity index (χ0n) is 18.9. The van der Waals surface area contributed by atoms with Crippen LogP contribution in [0.25, 0.3) is 10.8 Å². The van der Waals surface area contributed by atoms with Crippen LogP contribution >= 0.6 is 11.3 Å². The van der Waals surface area contributed by atoms with Crippen molar-refractivity contribution in [3.63, 3.8) is 0 Å². The van der Waals surface area contributed by atoms with E-state index in [9.17, 15) is 19.2 Å². The molecule has 0 saturated heterocycles. The van der Waals surface area contributed by atoms with Gasteiger partial charge in [-0.1, -0.05) is 18.2 Å². The summed E-state index contributed by atoms with van der Waals surface area (Å²) >= 11 is 1.37. The molecule has 1 aliphatic rings. The van der Waals surface area contributed by atoms with Gasteiger partial charge in [-0.2, -0.15) is 5.10 Å². The Labute approximate surface area is 199 Å². The van der Waals surface area contributed by atoms with Crippen LogP contribution < -0.4 is 10.9 Å². The van der Waals surface area contributed by atoms with Crippen LogP contribution in [0.5, 0.6) is 0 Å². The zero-order valence-corrected chi connectivity index (χ0v) is 19.8. The number of hydrogen-bond acceptors (Lipinski definition) is 8. The lowest BCUT2D eigenvalue weighted by Gasteiger charge is -2.14. The Bertz CT molecular complexity index is 1310. The van der Waals surface area contributed by atoms with Crippen molar-refractivity contribution in [2.24, 2.45) is 0 Å². The monoisotopic (exact) mass is 483 g/mol. The Morgan fingerprint density at radius 2 is 1.91 bits per heavy atom. The van der Waals surface area contributed by atoms with E-state index in [2.05, 4.69) is 15.5 Å². The van der Waals surface area contributed by atoms with Crippen LogP contribution in [0, 0.1) is 0 Å². The van der Waals surface area contributed by atoms with Crippen molar-refractivity contribution >= 4 is 45.0 Å². The first-order chi connectivity index (χ1) is 16.4. The van der Waals surface area contributed by atoms with E-state index in [0.717, 1.165) is 36.1 Å². The lowest BCUT2D eigenvalue weighted by atomic mass is 9.95. The summed E-state index contributed by atoms with van der Waals surface area (Å²) in [4.78, 5) is 50.9. The van der Waals surface area contributed by atoms with Crippen LogP contribution in [-0.4, -0.2) is 40.8 Å². The minimum Gasteiger partial charge on any atom is -0.462 e. The van der Waals surface area contributed by atoms with Gasteiger partial charge >= 0.3 is 11.9 Å². The molecular formula is C24H25N3O6S. The number of amides is 1. The SMILES string of the molecule is CCOC(=O)c1c(NC(=O)C(C)OC(=O)Cc2n[nH]c(=O)c3ccccc23)sc2c1CCCC2. The van der Waals surface area contributed by atoms with Crippen molar-refractivity contribution in [3.8, 4) is 0 Å². The van der Waals surface area contributed by atoms with Crippen molar-refractivity contribution in [2.75, 3.05) is 11.9 Å². The molecule has 0 aliphatic heterocycles. The summed E-state index contributed by atoms with van der Waals surface area (Å²) in [5.41, 5.74) is 1.34. The predicted molar refractivity (Wildman–Crippen MR) is 127 cm³/mol. The van der Waals surface area contributed by atoms with Gasteiger partial charge in [0.15, 0.2) is 6.10 Å². The number of carbonyl (C=O) groups excluding carboxylic acids is 3. The zero-order chi connectivity index (χ0) is 24.2. The first-order valence-corrected chi connectivity index (χ1v) is 12.0. The number of nitrogens with zero attached hydrogens (tertiary/aromatic N) is 1. The molecule has 0 radical (unpaired) electrons. The van der Waals surface area contributed by atoms with Crippen LogP contribution in [0.3, 0.4) is 0 Å². The number of aryl methyl sites for hydroxylation is 1. The maximum Gasteiger partial charge on any atom is 0.341 e. The lowest BCUT2D eigenvalue weighted by Crippen LogP contribution is -2.31. The van der Waals surface area contributed by atoms with Gasteiger partial charge in [0.25, 0.3) is 11.5 Å². The predicted octanol–water partition coefficient (Wildman–Crippen LogP) is 3.15. The number of benzene rings is 1. The van der Waals surface area contributed by atoms with Gasteiger partial charge in [0.05, 0.1) is 29.7 Å². The maximum atomic E-state index is 12.8. The number of carbonyl (C=O) groups is 3. The van der Waals surface area contributed by atoms with Crippen LogP contribution in [0.2, 0.25) is 0 Å². The normalized spacial score (nSPS) is 13.7. The second-order valence-corrected chi connectivity index (χ2v) is 9.08. The van der Waals surface area contributed by atoms with Crippen LogP contribution in [0.4, 0.5) is 5.00 Å². The molecule has 2 N–H and O–H groups in total. The van der Waals surface area contributed by atoms with Crippen molar-refractivity contribution in [1.82, 2.24) is 10.2 Å². The number of H-pyrrole nitrogens is 1. The Kier molecular flexibility index (Phi) is 7.06. The molecule has 2 aromatic heterocycles. The fraction of sp³-hybridized carbons (Fsp3) is 0.375. The average molecular weight is 484 g/mol. The van der Waals surface area contributed by atoms with Crippen molar-refractivity contribution in [2.45, 2.75) is 52.1 Å². The molecule has 1 atom stereocenters. The summed E-state index contributed by atoms with van der Waals surface area (Å²) in [5, 5.41) is 10.5. The molecule has 2 heterocycles. The van der Waals surface area contributed by atoms with Crippen molar-refractivity contribution < 1.29 is 23.9 Å². The number of fused-ring (bicyclic) bond motifs is 2. The quantitative estimate of drug-likeness (QED) is 0.494. The third-order valence-electron chi connectivity index (χ3n) is 5.65. The molecule has 0 saturated carbocycles. The van der Waals surface area contributed by atoms with Gasteiger partial charge in [0.1, 0.15) is 5.00 Å². The third-order valence-corrected chi connectivity index (χ3v) is 6.86. The molecule has 9 nitrogen and oxygen atoms in total. The molecule has 4 rings (SSSR count). The second kappa shape index (κ2) is 10.2. The molecule has 10 heteroatoms. The number of rotatable bonds is 7. The molecule has 3 aromatic rings. The number of esters is 2. The van der Waals surface area contributed by atoms with Gasteiger partial charge in [0, 0.05) is 10.3 Å². The minimum absolute atomic E-state index is 0.212. The fourth-order valence-electron chi connectivity index (χ4n) is 4.02. The summed E-state index contributed by atoms with van der Waals surface area (Å²) in [7, 11) is 0. The number of aromatic amines is 1. The van der Waals surface area contributed by atoms with Crippen molar-refractivity contribution in [1.29, 1.82) is 0 Å². The largest absolute Gasteiger partial charge is 0.462 e. The Morgan fingerprint density at radius 3 is 2.68 bits per heavy atom. The summed E-state index contributed by atoms with van der Waals surface area (Å²) in [6.07, 6.45) is 2.31. The maximum absolute atomic E-state index is 12.8. The highest BCUT2D eigenvalue weighted by molar-refractivity contribution is 7.17. The number of anilines is 1. The summed E-state index contributed by atoms with van der Waals surface area (Å²) < 4.78 is 10.5. The highest BCUT2D eigenvalue weighted by Gasteiger charge is 2.29. The van der Waals surface area contributed by atoms with E-state index < -0.39 is 23.9 Å². The van der Waals surface area contributed by atoms with E-state index in [4.69, 9.17) is 9.47 Å². The molecule has 1 unspecified atom stereocenters. The number of nitrogens with one attached hydrogen (secondary N) is 2. The molecule has 1 aliphatic carbocycles. The van der Waals surface area contributed by atoms with E-state index in [1.165, 1.54) is 18.3 Å². The molecule has 0 bridgehead atoms. The Hall–Kier alpha value is -3.53. The third kappa shape index (κ3) is 4.86. The molecule has 0 spiro atoms. The number of ether oxygens (including phenoxy) is 2. The van der Waals surface area contributed by atoms with Gasteiger partial charge in [-0.05, 0) is 51.2 Å². The molecule has 0 fully saturated rings. The highest BCUT2D eigenvalue weighted by Crippen LogP contribution is 2.38. The van der Waals surface area contributed by atoms with Crippen LogP contribution in [0.15, 0.2) is 29.1 Å². The van der Waals surface area contributed by atoms with Gasteiger partial charge in [0.2, 0.25) is 0 Å². The first-order valence-electron chi connectivity index (χ1n) is 11.2. The Morgan fingerprint density at radius 1 is 1.18 bits per heavy atom. The molecule has 1 amide bonds. The van der Waals surface area contributed by atoms with Gasteiger partial charge in [-0.25, -0.2) is 9.89 Å². The summed E-state index contributed by atoms with van der Waals surface area (Å²) in [5.74, 6) is -1.67. The number of thiophene rings is 1. The van der Waals surface area contributed by atoms with Gasteiger partial charge in [-0.3, -0.25) is 14.4 Å². The second-order valence-electron chi connectivity index (χ2n) is 7.98. The first kappa shape index (κ1) is 23.6. The van der Waals surface area contributed by atoms with E-state index in [0.29, 0.717) is 27.0 Å². The minimum atomic E-state index is -1.10. The molecule has 1 aromatic carbocycles. The lowest BCUT2D eigenvalue weighted by molar-refractivity contribution is -0.152. The van der Waals surface area contributed by atoms with Crippen LogP contribution in [0.1, 0.15) is 53.2 Å². The molecule has 178 valence electrons. The highest BCUT2D eigenvalue weighted by atomic mass is 32.1. The standard InChI is InChI=1S/C24H25N3O6S/c1-3-32-24(31)20-16-10-6-7-11-18(16)34-23(20)25-21(29)13(2)33-19(28)12-17-14-8-4-5-9-15(14)22(30)27-26-17/h4-5,8-9,13H,3,6-7,10-12H2,1-2H3,(H,25,29)(H,27,30). The van der Waals surface area contributed by atoms with E-state index in [1.54, 1.807) is 31.2 Å². The molecule has 34 heavy (non-hydrogen) atoms. The summed E-state index contributed by atoms with van der Waals surface area (Å²) in [6.45, 7) is 3.43. The fourth-order valence-corrected chi connectivity index (χ4v) is 5.30. The number of aromatic nitrogens is 2. The molecular weight excluding hydrogens is 458 g/mol. The van der Waals surface area contributed by atoms with Gasteiger partial charge < -0.3 is 14.8 Å². The summed E-state index contributed by atoms with van der Waals surface area (Å²) in [6, 6.07) is 6.81. The van der Waals surface area contributed by atoms with E-state index in [-0.39, 0.29) is 18.6 Å². The van der Waals surface area contributed by atoms with E-state index >= 15 is 0 Å². The van der Waals surface area contributed by atoms with E-state index in [1.807, 2.05) is 0 Å². The van der Waals surface area contributed by atoms with Gasteiger partial charge in [-0.15, -0.1) is 11.3 Å². The smallest absolute Gasteiger partial charge is 0.341 e. The van der Waals surface area contributed by atoms with Crippen LogP contribution in [-0.2, 0) is 38.3 Å². The topological polar surface area (TPSA) is 127 Å². The number of hydrogen-bond donors (Lipinski definition) is 2.